The summed E-state index contributed by atoms with van der Waals surface area (Å²) in [4.78, 5) is 45.9. The molecule has 1 N–H and O–H groups in total. The van der Waals surface area contributed by atoms with Gasteiger partial charge in [0, 0.05) is 29.2 Å². The van der Waals surface area contributed by atoms with Gasteiger partial charge in [0.05, 0.1) is 48.1 Å². The van der Waals surface area contributed by atoms with Crippen LogP contribution in [0.3, 0.4) is 0 Å². The van der Waals surface area contributed by atoms with Gasteiger partial charge in [0.25, 0.3) is 11.8 Å². The molecule has 4 aromatic rings. The molecule has 38 heavy (non-hydrogen) atoms. The molecule has 2 amide bonds. The standard InChI is InChI=1S/C26H20ClN7O3S/c1-13-4-15(7-28)8-31-23(13)25(36)34-11-19-21(12-34)38-26(32-19)33-24(35)18-9-29-14(2)5-16(18)17-6-22(27)30-10-20(17)37-3/h4-6,8-10H,11-12H2,1-3H3,(H,32,33,35). The van der Waals surface area contributed by atoms with Crippen LogP contribution >= 0.6 is 22.9 Å². The average Bonchev–Trinajstić information content (AvgIpc) is 3.47. The van der Waals surface area contributed by atoms with Crippen LogP contribution in [0.4, 0.5) is 5.13 Å². The Balaban J connectivity index is 1.35. The molecule has 0 aliphatic carbocycles. The zero-order chi connectivity index (χ0) is 27.0. The second kappa shape index (κ2) is 10.2. The first-order valence-electron chi connectivity index (χ1n) is 11.4. The van der Waals surface area contributed by atoms with E-state index in [0.29, 0.717) is 57.5 Å². The molecule has 0 fully saturated rings. The lowest BCUT2D eigenvalue weighted by atomic mass is 10.0. The number of pyridine rings is 3. The van der Waals surface area contributed by atoms with E-state index < -0.39 is 0 Å². The van der Waals surface area contributed by atoms with E-state index >= 15 is 0 Å². The van der Waals surface area contributed by atoms with Crippen molar-refractivity contribution in [3.63, 3.8) is 0 Å². The van der Waals surface area contributed by atoms with Crippen molar-refractivity contribution in [2.24, 2.45) is 0 Å². The van der Waals surface area contributed by atoms with E-state index in [1.165, 1.54) is 37.0 Å². The molecule has 1 aliphatic heterocycles. The molecule has 12 heteroatoms. The molecular weight excluding hydrogens is 526 g/mol. The molecule has 0 spiro atoms. The number of anilines is 1. The fourth-order valence-electron chi connectivity index (χ4n) is 4.17. The van der Waals surface area contributed by atoms with Crippen LogP contribution in [-0.2, 0) is 13.1 Å². The SMILES string of the molecule is COc1cnc(Cl)cc1-c1cc(C)ncc1C(=O)Nc1nc2c(s1)CN(C(=O)c1ncc(C#N)cc1C)C2. The Kier molecular flexibility index (Phi) is 6.75. The summed E-state index contributed by atoms with van der Waals surface area (Å²) in [5.41, 5.74) is 4.32. The minimum atomic E-state index is -0.389. The van der Waals surface area contributed by atoms with E-state index in [9.17, 15) is 9.59 Å². The largest absolute Gasteiger partial charge is 0.494 e. The van der Waals surface area contributed by atoms with Crippen molar-refractivity contribution in [1.29, 1.82) is 5.26 Å². The predicted octanol–water partition coefficient (Wildman–Crippen LogP) is 4.55. The number of carbonyl (C=O) groups excluding carboxylic acids is 2. The highest BCUT2D eigenvalue weighted by atomic mass is 35.5. The van der Waals surface area contributed by atoms with Gasteiger partial charge in [-0.3, -0.25) is 19.9 Å². The zero-order valence-electron chi connectivity index (χ0n) is 20.6. The van der Waals surface area contributed by atoms with Gasteiger partial charge in [0.15, 0.2) is 5.13 Å². The van der Waals surface area contributed by atoms with Crippen molar-refractivity contribution < 1.29 is 14.3 Å². The monoisotopic (exact) mass is 545 g/mol. The zero-order valence-corrected chi connectivity index (χ0v) is 22.1. The highest BCUT2D eigenvalue weighted by Gasteiger charge is 2.30. The molecule has 5 heterocycles. The van der Waals surface area contributed by atoms with Gasteiger partial charge in [-0.15, -0.1) is 0 Å². The third-order valence-corrected chi connectivity index (χ3v) is 7.20. The second-order valence-corrected chi connectivity index (χ2v) is 10.1. The molecule has 0 atom stereocenters. The topological polar surface area (TPSA) is 134 Å². The van der Waals surface area contributed by atoms with Crippen LogP contribution in [0.1, 0.15) is 48.2 Å². The lowest BCUT2D eigenvalue weighted by Gasteiger charge is -2.16. The summed E-state index contributed by atoms with van der Waals surface area (Å²) >= 11 is 7.44. The molecule has 5 rings (SSSR count). The van der Waals surface area contributed by atoms with Crippen LogP contribution in [0.5, 0.6) is 5.75 Å². The molecule has 0 saturated carbocycles. The van der Waals surface area contributed by atoms with Crippen molar-refractivity contribution in [2.45, 2.75) is 26.9 Å². The summed E-state index contributed by atoms with van der Waals surface area (Å²) in [5, 5.41) is 12.6. The number of fused-ring (bicyclic) bond motifs is 1. The number of methoxy groups -OCH3 is 1. The summed E-state index contributed by atoms with van der Waals surface area (Å²) in [6.45, 7) is 4.23. The van der Waals surface area contributed by atoms with Gasteiger partial charge in [0.2, 0.25) is 0 Å². The van der Waals surface area contributed by atoms with E-state index in [1.807, 2.05) is 13.0 Å². The second-order valence-electron chi connectivity index (χ2n) is 8.58. The van der Waals surface area contributed by atoms with Gasteiger partial charge in [0.1, 0.15) is 22.7 Å². The summed E-state index contributed by atoms with van der Waals surface area (Å²) in [7, 11) is 1.52. The quantitative estimate of drug-likeness (QED) is 0.361. The highest BCUT2D eigenvalue weighted by Crippen LogP contribution is 2.35. The van der Waals surface area contributed by atoms with Crippen LogP contribution in [0.15, 0.2) is 36.8 Å². The van der Waals surface area contributed by atoms with Crippen molar-refractivity contribution in [3.05, 3.63) is 80.6 Å². The summed E-state index contributed by atoms with van der Waals surface area (Å²) in [6.07, 6.45) is 4.40. The maximum Gasteiger partial charge on any atom is 0.273 e. The number of halogens is 1. The molecule has 4 aromatic heterocycles. The molecule has 0 radical (unpaired) electrons. The van der Waals surface area contributed by atoms with E-state index in [-0.39, 0.29) is 17.0 Å². The lowest BCUT2D eigenvalue weighted by molar-refractivity contribution is 0.0744. The smallest absolute Gasteiger partial charge is 0.273 e. The van der Waals surface area contributed by atoms with Gasteiger partial charge in [-0.2, -0.15) is 5.26 Å². The van der Waals surface area contributed by atoms with Gasteiger partial charge >= 0.3 is 0 Å². The first-order valence-corrected chi connectivity index (χ1v) is 12.6. The Morgan fingerprint density at radius 1 is 1.11 bits per heavy atom. The molecule has 0 saturated heterocycles. The molecule has 190 valence electrons. The number of rotatable bonds is 5. The van der Waals surface area contributed by atoms with Crippen LogP contribution in [0.2, 0.25) is 5.15 Å². The minimum Gasteiger partial charge on any atom is -0.494 e. The van der Waals surface area contributed by atoms with Crippen LogP contribution in [0.25, 0.3) is 11.1 Å². The minimum absolute atomic E-state index is 0.233. The Hall–Kier alpha value is -4.40. The number of aromatic nitrogens is 4. The average molecular weight is 546 g/mol. The number of hydrogen-bond acceptors (Lipinski definition) is 9. The van der Waals surface area contributed by atoms with Crippen LogP contribution < -0.4 is 10.1 Å². The molecule has 1 aliphatic rings. The fraction of sp³-hybridized carbons (Fsp3) is 0.192. The van der Waals surface area contributed by atoms with Crippen LogP contribution in [-0.4, -0.2) is 43.8 Å². The summed E-state index contributed by atoms with van der Waals surface area (Å²) in [5.74, 6) is -0.151. The van der Waals surface area contributed by atoms with Gasteiger partial charge in [-0.05, 0) is 37.6 Å². The molecule has 0 bridgehead atoms. The van der Waals surface area contributed by atoms with Crippen LogP contribution in [0, 0.1) is 25.2 Å². The summed E-state index contributed by atoms with van der Waals surface area (Å²) < 4.78 is 5.43. The summed E-state index contributed by atoms with van der Waals surface area (Å²) in [6, 6.07) is 7.09. The Morgan fingerprint density at radius 3 is 2.63 bits per heavy atom. The van der Waals surface area contributed by atoms with E-state index in [1.54, 1.807) is 30.0 Å². The van der Waals surface area contributed by atoms with Gasteiger partial charge in [-0.25, -0.2) is 15.0 Å². The van der Waals surface area contributed by atoms with E-state index in [4.69, 9.17) is 21.6 Å². The first kappa shape index (κ1) is 25.3. The Bertz CT molecular complexity index is 1620. The maximum absolute atomic E-state index is 13.3. The molecule has 0 aromatic carbocycles. The van der Waals surface area contributed by atoms with Crippen molar-refractivity contribution in [3.8, 4) is 22.9 Å². The van der Waals surface area contributed by atoms with Crippen molar-refractivity contribution in [2.75, 3.05) is 12.4 Å². The number of amides is 2. The molecular formula is C26H20ClN7O3S. The number of aryl methyl sites for hydroxylation is 2. The van der Waals surface area contributed by atoms with Gasteiger partial charge in [-0.1, -0.05) is 22.9 Å². The Morgan fingerprint density at radius 2 is 1.92 bits per heavy atom. The van der Waals surface area contributed by atoms with Crippen molar-refractivity contribution in [1.82, 2.24) is 24.8 Å². The third kappa shape index (κ3) is 4.79. The number of nitrogens with one attached hydrogen (secondary N) is 1. The Labute approximate surface area is 226 Å². The normalized spacial score (nSPS) is 12.1. The van der Waals surface area contributed by atoms with E-state index in [0.717, 1.165) is 16.3 Å². The number of carbonyl (C=O) groups is 2. The number of ether oxygens (including phenoxy) is 1. The molecule has 10 nitrogen and oxygen atoms in total. The first-order chi connectivity index (χ1) is 18.3. The van der Waals surface area contributed by atoms with Crippen molar-refractivity contribution >= 4 is 39.9 Å². The van der Waals surface area contributed by atoms with E-state index in [2.05, 4.69) is 25.3 Å². The number of thiazole rings is 1. The fourth-order valence-corrected chi connectivity index (χ4v) is 5.30. The molecule has 0 unspecified atom stereocenters. The third-order valence-electron chi connectivity index (χ3n) is 6.00. The van der Waals surface area contributed by atoms with Gasteiger partial charge < -0.3 is 9.64 Å². The number of nitriles is 1. The predicted molar refractivity (Wildman–Crippen MR) is 141 cm³/mol. The highest BCUT2D eigenvalue weighted by molar-refractivity contribution is 7.16. The lowest BCUT2D eigenvalue weighted by Crippen LogP contribution is -2.27. The maximum atomic E-state index is 13.3. The number of hydrogen-bond donors (Lipinski definition) is 1. The number of nitrogens with zero attached hydrogens (tertiary/aromatic N) is 6.